The molecule has 3 amide bonds. The summed E-state index contributed by atoms with van der Waals surface area (Å²) in [6.07, 6.45) is 0.438. The number of hydrogen-bond acceptors (Lipinski definition) is 5. The lowest BCUT2D eigenvalue weighted by Crippen LogP contribution is -2.34. The molecule has 0 radical (unpaired) electrons. The highest BCUT2D eigenvalue weighted by atomic mass is 16.4. The quantitative estimate of drug-likeness (QED) is 0.400. The fourth-order valence-corrected chi connectivity index (χ4v) is 0.812. The van der Waals surface area contributed by atoms with E-state index in [9.17, 15) is 19.2 Å². The van der Waals surface area contributed by atoms with Crippen molar-refractivity contribution in [1.29, 1.82) is 0 Å². The Kier molecular flexibility index (Phi) is 5.71. The van der Waals surface area contributed by atoms with Gasteiger partial charge < -0.3 is 16.6 Å². The molecule has 1 aliphatic heterocycles. The number of rotatable bonds is 3. The highest BCUT2D eigenvalue weighted by Gasteiger charge is 2.15. The summed E-state index contributed by atoms with van der Waals surface area (Å²) in [5.74, 6) is -2.21. The van der Waals surface area contributed by atoms with E-state index in [2.05, 4.69) is 11.1 Å². The van der Waals surface area contributed by atoms with E-state index >= 15 is 0 Å². The molecule has 16 heavy (non-hydrogen) atoms. The third-order valence-corrected chi connectivity index (χ3v) is 1.60. The molecule has 0 aliphatic carbocycles. The molecule has 1 atom stereocenters. The van der Waals surface area contributed by atoms with Crippen LogP contribution in [0, 0.1) is 0 Å². The Bertz CT molecular complexity index is 301. The predicted molar refractivity (Wildman–Crippen MR) is 51.8 cm³/mol. The molecular weight excluding hydrogens is 218 g/mol. The first-order valence-corrected chi connectivity index (χ1v) is 4.42. The molecule has 1 unspecified atom stereocenters. The smallest absolute Gasteiger partial charge is 0.321 e. The van der Waals surface area contributed by atoms with Crippen molar-refractivity contribution in [3.05, 3.63) is 0 Å². The summed E-state index contributed by atoms with van der Waals surface area (Å²) in [7, 11) is 0. The van der Waals surface area contributed by atoms with E-state index in [1.165, 1.54) is 0 Å². The van der Waals surface area contributed by atoms with Gasteiger partial charge in [-0.15, -0.1) is 0 Å². The van der Waals surface area contributed by atoms with Gasteiger partial charge in [-0.1, -0.05) is 0 Å². The van der Waals surface area contributed by atoms with Crippen LogP contribution in [0.4, 0.5) is 0 Å². The zero-order valence-corrected chi connectivity index (χ0v) is 8.43. The standard InChI is InChI=1S/C4H8N2O3.C4H5NO2/c5-2(4(8)9)1-3(6)7;6-3-1-2-4(7)5-3/h2H,1,5H2,(H2,6,7)(H,8,9);1-2H2,(H,5,6,7). The second-order valence-electron chi connectivity index (χ2n) is 3.09. The maximum atomic E-state index is 10.1. The number of carboxylic acid groups (broad SMARTS) is 1. The van der Waals surface area contributed by atoms with Crippen LogP contribution in [0.5, 0.6) is 0 Å². The normalized spacial score (nSPS) is 15.8. The molecule has 0 spiro atoms. The molecule has 1 aliphatic rings. The number of imide groups is 1. The number of aliphatic carboxylic acids is 1. The van der Waals surface area contributed by atoms with Gasteiger partial charge >= 0.3 is 5.97 Å². The van der Waals surface area contributed by atoms with Gasteiger partial charge in [-0.2, -0.15) is 0 Å². The van der Waals surface area contributed by atoms with Gasteiger partial charge in [0, 0.05) is 12.8 Å². The number of nitrogens with two attached hydrogens (primary N) is 2. The van der Waals surface area contributed by atoms with Crippen LogP contribution in [-0.2, 0) is 19.2 Å². The average Bonchev–Trinajstić information content (AvgIpc) is 2.49. The second kappa shape index (κ2) is 6.51. The molecule has 1 rings (SSSR count). The van der Waals surface area contributed by atoms with Crippen LogP contribution in [0.1, 0.15) is 19.3 Å². The van der Waals surface area contributed by atoms with Crippen molar-refractivity contribution in [1.82, 2.24) is 5.32 Å². The number of nitrogens with one attached hydrogen (secondary N) is 1. The maximum Gasteiger partial charge on any atom is 0.321 e. The van der Waals surface area contributed by atoms with E-state index in [0.29, 0.717) is 12.8 Å². The van der Waals surface area contributed by atoms with E-state index < -0.39 is 17.9 Å². The minimum atomic E-state index is -1.21. The van der Waals surface area contributed by atoms with E-state index in [1.54, 1.807) is 0 Å². The van der Waals surface area contributed by atoms with Crippen LogP contribution in [0.3, 0.4) is 0 Å². The second-order valence-corrected chi connectivity index (χ2v) is 3.09. The lowest BCUT2D eigenvalue weighted by atomic mass is 10.2. The van der Waals surface area contributed by atoms with Gasteiger partial charge in [-0.3, -0.25) is 24.5 Å². The lowest BCUT2D eigenvalue weighted by molar-refractivity contribution is -0.140. The Hall–Kier alpha value is -1.96. The average molecular weight is 231 g/mol. The van der Waals surface area contributed by atoms with Crippen LogP contribution in [0.2, 0.25) is 0 Å². The molecule has 0 aromatic heterocycles. The van der Waals surface area contributed by atoms with Crippen LogP contribution in [0.25, 0.3) is 0 Å². The Balaban J connectivity index is 0.000000288. The lowest BCUT2D eigenvalue weighted by Gasteiger charge is -1.99. The first kappa shape index (κ1) is 14.0. The van der Waals surface area contributed by atoms with Crippen LogP contribution in [0.15, 0.2) is 0 Å². The van der Waals surface area contributed by atoms with Gasteiger partial charge in [0.2, 0.25) is 17.7 Å². The van der Waals surface area contributed by atoms with Gasteiger partial charge in [0.1, 0.15) is 6.04 Å². The van der Waals surface area contributed by atoms with E-state index in [0.717, 1.165) is 0 Å². The van der Waals surface area contributed by atoms with Crippen molar-refractivity contribution in [2.24, 2.45) is 11.5 Å². The van der Waals surface area contributed by atoms with Crippen LogP contribution in [-0.4, -0.2) is 34.8 Å². The van der Waals surface area contributed by atoms with Gasteiger partial charge in [0.15, 0.2) is 0 Å². The van der Waals surface area contributed by atoms with Crippen LogP contribution < -0.4 is 16.8 Å². The minimum Gasteiger partial charge on any atom is -0.480 e. The Morgan fingerprint density at radius 2 is 1.75 bits per heavy atom. The zero-order valence-electron chi connectivity index (χ0n) is 8.43. The van der Waals surface area contributed by atoms with E-state index in [1.807, 2.05) is 0 Å². The molecule has 0 saturated carbocycles. The summed E-state index contributed by atoms with van der Waals surface area (Å²) in [6, 6.07) is -1.16. The summed E-state index contributed by atoms with van der Waals surface area (Å²) in [6.45, 7) is 0. The number of primary amides is 1. The van der Waals surface area contributed by atoms with Gasteiger partial charge in [-0.25, -0.2) is 0 Å². The summed E-state index contributed by atoms with van der Waals surface area (Å²) >= 11 is 0. The highest BCUT2D eigenvalue weighted by molar-refractivity contribution is 6.01. The zero-order chi connectivity index (χ0) is 12.7. The predicted octanol–water partition coefficient (Wildman–Crippen LogP) is -2.30. The monoisotopic (exact) mass is 231 g/mol. The Morgan fingerprint density at radius 3 is 1.88 bits per heavy atom. The summed E-state index contributed by atoms with van der Waals surface area (Å²) < 4.78 is 0. The van der Waals surface area contributed by atoms with Crippen molar-refractivity contribution >= 4 is 23.7 Å². The molecule has 1 heterocycles. The Labute approximate surface area is 91.0 Å². The van der Waals surface area contributed by atoms with Crippen molar-refractivity contribution in [3.8, 4) is 0 Å². The molecular formula is C8H13N3O5. The SMILES string of the molecule is NC(=O)CC(N)C(=O)O.O=C1CCC(=O)N1. The molecule has 0 bridgehead atoms. The van der Waals surface area contributed by atoms with Crippen LogP contribution >= 0.6 is 0 Å². The maximum absolute atomic E-state index is 10.1. The third kappa shape index (κ3) is 6.49. The topological polar surface area (TPSA) is 153 Å². The fourth-order valence-electron chi connectivity index (χ4n) is 0.812. The molecule has 0 aromatic rings. The number of amides is 3. The fraction of sp³-hybridized carbons (Fsp3) is 0.500. The van der Waals surface area contributed by atoms with Gasteiger partial charge in [-0.05, 0) is 0 Å². The van der Waals surface area contributed by atoms with Crippen molar-refractivity contribution < 1.29 is 24.3 Å². The molecule has 1 saturated heterocycles. The first-order chi connectivity index (χ1) is 7.32. The largest absolute Gasteiger partial charge is 0.480 e. The minimum absolute atomic E-state index is 0.148. The number of carboxylic acids is 1. The number of carbonyl (C=O) groups is 4. The van der Waals surface area contributed by atoms with Crippen molar-refractivity contribution in [3.63, 3.8) is 0 Å². The molecule has 8 nitrogen and oxygen atoms in total. The number of carbonyl (C=O) groups excluding carboxylic acids is 3. The highest BCUT2D eigenvalue weighted by Crippen LogP contribution is 1.95. The molecule has 90 valence electrons. The molecule has 6 N–H and O–H groups in total. The molecule has 0 aromatic carbocycles. The molecule has 1 fully saturated rings. The Morgan fingerprint density at radius 1 is 1.31 bits per heavy atom. The molecule has 8 heteroatoms. The number of hydrogen-bond donors (Lipinski definition) is 4. The summed E-state index contributed by atoms with van der Waals surface area (Å²) in [5, 5.41) is 10.2. The van der Waals surface area contributed by atoms with Crippen molar-refractivity contribution in [2.45, 2.75) is 25.3 Å². The summed E-state index contributed by atoms with van der Waals surface area (Å²) in [5.41, 5.74) is 9.57. The van der Waals surface area contributed by atoms with Gasteiger partial charge in [0.05, 0.1) is 6.42 Å². The van der Waals surface area contributed by atoms with Gasteiger partial charge in [0.25, 0.3) is 0 Å². The van der Waals surface area contributed by atoms with E-state index in [4.69, 9.17) is 10.8 Å². The summed E-state index contributed by atoms with van der Waals surface area (Å²) in [4.78, 5) is 40.1. The first-order valence-electron chi connectivity index (χ1n) is 4.42. The van der Waals surface area contributed by atoms with Crippen molar-refractivity contribution in [2.75, 3.05) is 0 Å². The third-order valence-electron chi connectivity index (χ3n) is 1.60. The van der Waals surface area contributed by atoms with E-state index in [-0.39, 0.29) is 18.2 Å².